The molecular formula is C11H20N4O2S. The Morgan fingerprint density at radius 2 is 2.06 bits per heavy atom. The van der Waals surface area contributed by atoms with E-state index >= 15 is 0 Å². The van der Waals surface area contributed by atoms with Gasteiger partial charge in [-0.15, -0.1) is 0 Å². The van der Waals surface area contributed by atoms with Gasteiger partial charge in [-0.2, -0.15) is 9.40 Å². The molecule has 18 heavy (non-hydrogen) atoms. The van der Waals surface area contributed by atoms with E-state index in [1.165, 1.54) is 0 Å². The molecule has 0 amide bonds. The number of hydrogen-bond acceptors (Lipinski definition) is 4. The Bertz CT molecular complexity index is 550. The fourth-order valence-corrected chi connectivity index (χ4v) is 4.30. The van der Waals surface area contributed by atoms with Crippen molar-refractivity contribution in [2.24, 2.45) is 7.05 Å². The first kappa shape index (κ1) is 13.5. The van der Waals surface area contributed by atoms with Crippen LogP contribution in [-0.4, -0.2) is 48.2 Å². The van der Waals surface area contributed by atoms with Crippen LogP contribution in [0.5, 0.6) is 0 Å². The van der Waals surface area contributed by atoms with Gasteiger partial charge in [-0.3, -0.25) is 4.68 Å². The van der Waals surface area contributed by atoms with Crippen LogP contribution in [0.2, 0.25) is 0 Å². The lowest BCUT2D eigenvalue weighted by atomic mass is 10.3. The Balaban J connectivity index is 2.42. The van der Waals surface area contributed by atoms with Gasteiger partial charge in [0.1, 0.15) is 4.90 Å². The van der Waals surface area contributed by atoms with Crippen LogP contribution in [0.25, 0.3) is 0 Å². The molecule has 2 rings (SSSR count). The lowest BCUT2D eigenvalue weighted by Crippen LogP contribution is -2.51. The van der Waals surface area contributed by atoms with Crippen LogP contribution in [0, 0.1) is 13.8 Å². The van der Waals surface area contributed by atoms with E-state index in [1.54, 1.807) is 29.9 Å². The predicted molar refractivity (Wildman–Crippen MR) is 68.9 cm³/mol. The first-order chi connectivity index (χ1) is 8.34. The molecule has 1 aromatic heterocycles. The third kappa shape index (κ3) is 2.17. The highest BCUT2D eigenvalue weighted by Crippen LogP contribution is 2.23. The largest absolute Gasteiger partial charge is 0.312 e. The summed E-state index contributed by atoms with van der Waals surface area (Å²) in [4.78, 5) is 0.360. The molecule has 0 aliphatic carbocycles. The molecule has 0 saturated carbocycles. The Kier molecular flexibility index (Phi) is 3.48. The van der Waals surface area contributed by atoms with Gasteiger partial charge in [0.05, 0.1) is 11.4 Å². The van der Waals surface area contributed by atoms with Gasteiger partial charge in [-0.1, -0.05) is 0 Å². The highest BCUT2D eigenvalue weighted by molar-refractivity contribution is 7.89. The lowest BCUT2D eigenvalue weighted by molar-refractivity contribution is 0.310. The molecule has 0 aromatic carbocycles. The van der Waals surface area contributed by atoms with Crippen molar-refractivity contribution in [3.05, 3.63) is 11.4 Å². The van der Waals surface area contributed by atoms with Crippen LogP contribution in [0.3, 0.4) is 0 Å². The van der Waals surface area contributed by atoms with Gasteiger partial charge in [0.15, 0.2) is 0 Å². The van der Waals surface area contributed by atoms with Crippen molar-refractivity contribution in [1.82, 2.24) is 19.4 Å². The number of nitrogens with one attached hydrogen (secondary N) is 1. The number of piperazine rings is 1. The molecule has 6 nitrogen and oxygen atoms in total. The van der Waals surface area contributed by atoms with Gasteiger partial charge in [-0.05, 0) is 20.8 Å². The summed E-state index contributed by atoms with van der Waals surface area (Å²) in [6, 6.07) is 0.186. The van der Waals surface area contributed by atoms with Crippen molar-refractivity contribution in [2.75, 3.05) is 19.6 Å². The topological polar surface area (TPSA) is 67.2 Å². The van der Waals surface area contributed by atoms with Gasteiger partial charge in [0, 0.05) is 32.7 Å². The molecule has 1 aliphatic rings. The Hall–Kier alpha value is -0.920. The molecule has 1 fully saturated rings. The average Bonchev–Trinajstić information content (AvgIpc) is 2.53. The predicted octanol–water partition coefficient (Wildman–Crippen LogP) is 0.0193. The normalized spacial score (nSPS) is 22.3. The van der Waals surface area contributed by atoms with Crippen molar-refractivity contribution in [3.8, 4) is 0 Å². The first-order valence-electron chi connectivity index (χ1n) is 6.07. The molecule has 0 unspecified atom stereocenters. The molecule has 2 heterocycles. The monoisotopic (exact) mass is 272 g/mol. The molecule has 1 atom stereocenters. The maximum absolute atomic E-state index is 12.6. The van der Waals surface area contributed by atoms with Gasteiger partial charge in [0.2, 0.25) is 10.0 Å². The first-order valence-corrected chi connectivity index (χ1v) is 7.51. The number of rotatable bonds is 2. The molecule has 1 aliphatic heterocycles. The van der Waals surface area contributed by atoms with Gasteiger partial charge in [0.25, 0.3) is 0 Å². The van der Waals surface area contributed by atoms with Crippen LogP contribution in [0.1, 0.15) is 18.3 Å². The minimum absolute atomic E-state index is 0.186. The van der Waals surface area contributed by atoms with E-state index in [4.69, 9.17) is 0 Å². The van der Waals surface area contributed by atoms with Crippen molar-refractivity contribution in [3.63, 3.8) is 0 Å². The van der Waals surface area contributed by atoms with Gasteiger partial charge in [-0.25, -0.2) is 8.42 Å². The second kappa shape index (κ2) is 4.64. The molecule has 0 spiro atoms. The van der Waals surface area contributed by atoms with Crippen LogP contribution in [-0.2, 0) is 17.1 Å². The fraction of sp³-hybridized carbons (Fsp3) is 0.727. The number of aromatic nitrogens is 2. The number of hydrogen-bond donors (Lipinski definition) is 1. The highest BCUT2D eigenvalue weighted by atomic mass is 32.2. The minimum atomic E-state index is -3.43. The zero-order chi connectivity index (χ0) is 13.5. The fourth-order valence-electron chi connectivity index (χ4n) is 2.37. The van der Waals surface area contributed by atoms with Crippen LogP contribution in [0.4, 0.5) is 0 Å². The number of nitrogens with zero attached hydrogens (tertiary/aromatic N) is 3. The van der Waals surface area contributed by atoms with Crippen LogP contribution >= 0.6 is 0 Å². The van der Waals surface area contributed by atoms with Gasteiger partial charge >= 0.3 is 0 Å². The van der Waals surface area contributed by atoms with E-state index in [0.29, 0.717) is 35.9 Å². The van der Waals surface area contributed by atoms with Crippen LogP contribution < -0.4 is 5.32 Å². The molecular weight excluding hydrogens is 252 g/mol. The standard InChI is InChI=1S/C11H20N4O2S/c1-8-7-15(6-5-12-8)18(16,17)11-9(2)13-14(4)10(11)3/h8,12H,5-7H2,1-4H3/t8-/m0/s1. The quantitative estimate of drug-likeness (QED) is 0.824. The van der Waals surface area contributed by atoms with E-state index in [1.807, 2.05) is 6.92 Å². The summed E-state index contributed by atoms with van der Waals surface area (Å²) in [7, 11) is -1.66. The SMILES string of the molecule is Cc1nn(C)c(C)c1S(=O)(=O)N1CCN[C@@H](C)C1. The lowest BCUT2D eigenvalue weighted by Gasteiger charge is -2.31. The summed E-state index contributed by atoms with van der Waals surface area (Å²) in [5.74, 6) is 0. The Labute approximate surface area is 108 Å². The molecule has 7 heteroatoms. The van der Waals surface area contributed by atoms with Crippen molar-refractivity contribution < 1.29 is 8.42 Å². The maximum Gasteiger partial charge on any atom is 0.246 e. The van der Waals surface area contributed by atoms with Gasteiger partial charge < -0.3 is 5.32 Å². The summed E-state index contributed by atoms with van der Waals surface area (Å²) in [5, 5.41) is 7.43. The summed E-state index contributed by atoms with van der Waals surface area (Å²) < 4.78 is 28.4. The number of aryl methyl sites for hydroxylation is 2. The number of sulfonamides is 1. The minimum Gasteiger partial charge on any atom is -0.312 e. The van der Waals surface area contributed by atoms with E-state index < -0.39 is 10.0 Å². The third-order valence-corrected chi connectivity index (χ3v) is 5.49. The molecule has 0 radical (unpaired) electrons. The zero-order valence-electron chi connectivity index (χ0n) is 11.3. The molecule has 1 saturated heterocycles. The summed E-state index contributed by atoms with van der Waals surface area (Å²) >= 11 is 0. The molecule has 1 aromatic rings. The zero-order valence-corrected chi connectivity index (χ0v) is 12.1. The second-order valence-corrected chi connectivity index (χ2v) is 6.72. The van der Waals surface area contributed by atoms with Crippen LogP contribution in [0.15, 0.2) is 4.90 Å². The molecule has 1 N–H and O–H groups in total. The third-order valence-electron chi connectivity index (χ3n) is 3.37. The summed E-state index contributed by atoms with van der Waals surface area (Å²) in [6.07, 6.45) is 0. The summed E-state index contributed by atoms with van der Waals surface area (Å²) in [6.45, 7) is 7.24. The van der Waals surface area contributed by atoms with E-state index in [0.717, 1.165) is 0 Å². The van der Waals surface area contributed by atoms with Crippen molar-refractivity contribution >= 4 is 10.0 Å². The van der Waals surface area contributed by atoms with Crippen molar-refractivity contribution in [1.29, 1.82) is 0 Å². The Morgan fingerprint density at radius 3 is 2.56 bits per heavy atom. The Morgan fingerprint density at radius 1 is 1.39 bits per heavy atom. The smallest absolute Gasteiger partial charge is 0.246 e. The van der Waals surface area contributed by atoms with Crippen molar-refractivity contribution in [2.45, 2.75) is 31.7 Å². The maximum atomic E-state index is 12.6. The highest BCUT2D eigenvalue weighted by Gasteiger charge is 2.32. The summed E-state index contributed by atoms with van der Waals surface area (Å²) in [5.41, 5.74) is 1.26. The van der Waals surface area contributed by atoms with E-state index in [-0.39, 0.29) is 6.04 Å². The van der Waals surface area contributed by atoms with E-state index in [2.05, 4.69) is 10.4 Å². The van der Waals surface area contributed by atoms with E-state index in [9.17, 15) is 8.42 Å². The molecule has 0 bridgehead atoms. The average molecular weight is 272 g/mol. The molecule has 102 valence electrons. The second-order valence-electron chi connectivity index (χ2n) is 4.84.